The van der Waals surface area contributed by atoms with Gasteiger partial charge < -0.3 is 5.32 Å². The van der Waals surface area contributed by atoms with E-state index < -0.39 is 0 Å². The number of nitrogens with zero attached hydrogens (tertiary/aromatic N) is 2. The van der Waals surface area contributed by atoms with Crippen molar-refractivity contribution >= 4 is 23.3 Å². The molecular weight excluding hydrogens is 238 g/mol. The van der Waals surface area contributed by atoms with Crippen molar-refractivity contribution in [2.75, 3.05) is 7.05 Å². The van der Waals surface area contributed by atoms with Crippen LogP contribution >= 0.6 is 23.3 Å². The minimum atomic E-state index is 0.912. The van der Waals surface area contributed by atoms with Gasteiger partial charge in [0.25, 0.3) is 0 Å². The van der Waals surface area contributed by atoms with Crippen LogP contribution in [0.25, 0.3) is 0 Å². The highest BCUT2D eigenvalue weighted by Crippen LogP contribution is 2.29. The smallest absolute Gasteiger partial charge is 0.174 e. The van der Waals surface area contributed by atoms with E-state index in [1.54, 1.807) is 18.1 Å². The van der Waals surface area contributed by atoms with Gasteiger partial charge in [0.2, 0.25) is 0 Å². The molecule has 0 spiro atoms. The molecule has 3 nitrogen and oxygen atoms in total. The summed E-state index contributed by atoms with van der Waals surface area (Å²) in [5.41, 5.74) is 2.65. The topological polar surface area (TPSA) is 37.8 Å². The molecule has 16 heavy (non-hydrogen) atoms. The second-order valence-corrected chi connectivity index (χ2v) is 5.53. The lowest BCUT2D eigenvalue weighted by molar-refractivity contribution is 0.811. The largest absolute Gasteiger partial charge is 0.316 e. The third kappa shape index (κ3) is 2.81. The van der Waals surface area contributed by atoms with Crippen LogP contribution in [0.4, 0.5) is 0 Å². The van der Waals surface area contributed by atoms with Gasteiger partial charge in [0.05, 0.1) is 0 Å². The van der Waals surface area contributed by atoms with Crippen LogP contribution in [0.1, 0.15) is 11.1 Å². The molecule has 84 valence electrons. The van der Waals surface area contributed by atoms with E-state index in [4.69, 9.17) is 0 Å². The monoisotopic (exact) mass is 251 g/mol. The molecule has 1 heterocycles. The maximum Gasteiger partial charge on any atom is 0.174 e. The fourth-order valence-electron chi connectivity index (χ4n) is 1.43. The van der Waals surface area contributed by atoms with Crippen molar-refractivity contribution in [3.8, 4) is 0 Å². The van der Waals surface area contributed by atoms with Gasteiger partial charge in [-0.05, 0) is 48.8 Å². The summed E-state index contributed by atoms with van der Waals surface area (Å²) in [4.78, 5) is 5.37. The molecule has 0 saturated heterocycles. The van der Waals surface area contributed by atoms with Gasteiger partial charge in [-0.15, -0.1) is 0 Å². The van der Waals surface area contributed by atoms with E-state index in [2.05, 4.69) is 39.8 Å². The lowest BCUT2D eigenvalue weighted by Crippen LogP contribution is -2.06. The fraction of sp³-hybridized carbons (Fsp3) is 0.273. The van der Waals surface area contributed by atoms with E-state index >= 15 is 0 Å². The molecule has 0 bridgehead atoms. The van der Waals surface area contributed by atoms with Gasteiger partial charge in [-0.1, -0.05) is 17.8 Å². The van der Waals surface area contributed by atoms with E-state index in [-0.39, 0.29) is 0 Å². The van der Waals surface area contributed by atoms with Crippen molar-refractivity contribution in [2.24, 2.45) is 0 Å². The van der Waals surface area contributed by atoms with Crippen LogP contribution in [0.5, 0.6) is 0 Å². The summed E-state index contributed by atoms with van der Waals surface area (Å²) in [6, 6.07) is 6.49. The first-order valence-electron chi connectivity index (χ1n) is 4.98. The van der Waals surface area contributed by atoms with Crippen LogP contribution in [-0.2, 0) is 6.54 Å². The molecule has 0 aliphatic heterocycles. The molecule has 0 unspecified atom stereocenters. The number of rotatable bonds is 4. The predicted molar refractivity (Wildman–Crippen MR) is 68.0 cm³/mol. The third-order valence-corrected chi connectivity index (χ3v) is 3.93. The van der Waals surface area contributed by atoms with E-state index in [0.717, 1.165) is 10.9 Å². The number of benzene rings is 1. The van der Waals surface area contributed by atoms with Crippen molar-refractivity contribution in [1.29, 1.82) is 0 Å². The second kappa shape index (κ2) is 5.43. The zero-order valence-electron chi connectivity index (χ0n) is 9.23. The average Bonchev–Trinajstić information content (AvgIpc) is 2.75. The summed E-state index contributed by atoms with van der Waals surface area (Å²) in [6.07, 6.45) is 1.59. The number of aryl methyl sites for hydroxylation is 1. The summed E-state index contributed by atoms with van der Waals surface area (Å²) >= 11 is 3.09. The Morgan fingerprint density at radius 3 is 2.94 bits per heavy atom. The Hall–Kier alpha value is -0.910. The normalized spacial score (nSPS) is 10.6. The van der Waals surface area contributed by atoms with Crippen molar-refractivity contribution in [3.63, 3.8) is 0 Å². The molecule has 5 heteroatoms. The molecule has 1 aromatic heterocycles. The first kappa shape index (κ1) is 11.6. The Morgan fingerprint density at radius 2 is 2.31 bits per heavy atom. The summed E-state index contributed by atoms with van der Waals surface area (Å²) in [5, 5.41) is 3.16. The maximum absolute atomic E-state index is 4.16. The van der Waals surface area contributed by atoms with Gasteiger partial charge in [-0.3, -0.25) is 0 Å². The molecule has 0 fully saturated rings. The molecule has 0 atom stereocenters. The summed E-state index contributed by atoms with van der Waals surface area (Å²) in [7, 11) is 1.96. The Kier molecular flexibility index (Phi) is 3.93. The quantitative estimate of drug-likeness (QED) is 0.906. The van der Waals surface area contributed by atoms with Crippen LogP contribution in [0.2, 0.25) is 0 Å². The van der Waals surface area contributed by atoms with E-state index in [1.807, 2.05) is 7.05 Å². The zero-order chi connectivity index (χ0) is 11.4. The van der Waals surface area contributed by atoms with Gasteiger partial charge in [0.15, 0.2) is 4.34 Å². The first-order valence-corrected chi connectivity index (χ1v) is 6.57. The minimum absolute atomic E-state index is 0.912. The van der Waals surface area contributed by atoms with Crippen LogP contribution in [0, 0.1) is 6.92 Å². The number of nitrogens with one attached hydrogen (secondary N) is 1. The third-order valence-electron chi connectivity index (χ3n) is 2.23. The lowest BCUT2D eigenvalue weighted by Gasteiger charge is -2.06. The molecule has 1 N–H and O–H groups in total. The lowest BCUT2D eigenvalue weighted by atomic mass is 10.1. The van der Waals surface area contributed by atoms with Crippen LogP contribution in [0.15, 0.2) is 33.8 Å². The summed E-state index contributed by atoms with van der Waals surface area (Å²) in [6.45, 7) is 3.05. The minimum Gasteiger partial charge on any atom is -0.316 e. The molecule has 0 aliphatic rings. The summed E-state index contributed by atoms with van der Waals surface area (Å²) < 4.78 is 4.97. The van der Waals surface area contributed by atoms with Gasteiger partial charge in [0.1, 0.15) is 6.33 Å². The second-order valence-electron chi connectivity index (χ2n) is 3.43. The fourth-order valence-corrected chi connectivity index (χ4v) is 2.95. The van der Waals surface area contributed by atoms with Crippen molar-refractivity contribution in [2.45, 2.75) is 22.7 Å². The molecule has 2 rings (SSSR count). The number of aromatic nitrogens is 2. The molecule has 0 saturated carbocycles. The number of hydrogen-bond donors (Lipinski definition) is 1. The Morgan fingerprint density at radius 1 is 1.44 bits per heavy atom. The molecule has 0 radical (unpaired) electrons. The van der Waals surface area contributed by atoms with Crippen LogP contribution in [0.3, 0.4) is 0 Å². The van der Waals surface area contributed by atoms with Crippen molar-refractivity contribution < 1.29 is 0 Å². The highest BCUT2D eigenvalue weighted by atomic mass is 32.2. The highest BCUT2D eigenvalue weighted by Gasteiger charge is 2.03. The van der Waals surface area contributed by atoms with Crippen LogP contribution < -0.4 is 5.32 Å². The standard InChI is InChI=1S/C11H13N3S2/c1-8-5-10(4-3-9(8)6-12-2)15-11-13-7-14-16-11/h3-5,7,12H,6H2,1-2H3. The van der Waals surface area contributed by atoms with Gasteiger partial charge >= 0.3 is 0 Å². The van der Waals surface area contributed by atoms with E-state index in [0.29, 0.717) is 0 Å². The molecular formula is C11H13N3S2. The molecule has 0 aliphatic carbocycles. The van der Waals surface area contributed by atoms with Crippen LogP contribution in [-0.4, -0.2) is 16.4 Å². The Bertz CT molecular complexity index is 454. The Balaban J connectivity index is 2.15. The van der Waals surface area contributed by atoms with E-state index in [9.17, 15) is 0 Å². The van der Waals surface area contributed by atoms with E-state index in [1.165, 1.54) is 27.6 Å². The van der Waals surface area contributed by atoms with Crippen molar-refractivity contribution in [3.05, 3.63) is 35.7 Å². The van der Waals surface area contributed by atoms with Gasteiger partial charge in [-0.25, -0.2) is 4.98 Å². The maximum atomic E-state index is 4.16. The van der Waals surface area contributed by atoms with Crippen molar-refractivity contribution in [1.82, 2.24) is 14.7 Å². The Labute approximate surface area is 103 Å². The van der Waals surface area contributed by atoms with Gasteiger partial charge in [0, 0.05) is 11.4 Å². The summed E-state index contributed by atoms with van der Waals surface area (Å²) in [5.74, 6) is 0. The molecule has 1 aromatic carbocycles. The van der Waals surface area contributed by atoms with Gasteiger partial charge in [-0.2, -0.15) is 4.37 Å². The highest BCUT2D eigenvalue weighted by molar-refractivity contribution is 8.01. The predicted octanol–water partition coefficient (Wildman–Crippen LogP) is 2.72. The number of hydrogen-bond acceptors (Lipinski definition) is 5. The SMILES string of the molecule is CNCc1ccc(Sc2ncns2)cc1C. The zero-order valence-corrected chi connectivity index (χ0v) is 10.9. The first-order chi connectivity index (χ1) is 7.79. The molecule has 2 aromatic rings. The molecule has 0 amide bonds. The average molecular weight is 251 g/mol.